The molecule has 0 unspecified atom stereocenters. The van der Waals surface area contributed by atoms with Crippen LogP contribution >= 0.6 is 0 Å². The highest BCUT2D eigenvalue weighted by atomic mass is 28.4. The Morgan fingerprint density at radius 1 is 1.16 bits per heavy atom. The second kappa shape index (κ2) is 7.76. The molecule has 0 aromatic carbocycles. The zero-order valence-corrected chi connectivity index (χ0v) is 18.0. The van der Waals surface area contributed by atoms with Gasteiger partial charge in [0.25, 0.3) is 0 Å². The van der Waals surface area contributed by atoms with Gasteiger partial charge in [-0.1, -0.05) is 20.8 Å². The number of hydrogen-bond donors (Lipinski definition) is 1. The van der Waals surface area contributed by atoms with Crippen molar-refractivity contribution >= 4 is 20.2 Å². The van der Waals surface area contributed by atoms with Crippen LogP contribution in [0.4, 0.5) is 4.79 Å². The second-order valence-electron chi connectivity index (χ2n) is 9.32. The summed E-state index contributed by atoms with van der Waals surface area (Å²) in [5.74, 6) is -0.144. The molecule has 146 valence electrons. The van der Waals surface area contributed by atoms with Crippen molar-refractivity contribution in [3.63, 3.8) is 0 Å². The lowest BCUT2D eigenvalue weighted by Gasteiger charge is -2.38. The number of aliphatic hydroxyl groups is 1. The maximum absolute atomic E-state index is 12.5. The Labute approximate surface area is 153 Å². The lowest BCUT2D eigenvalue weighted by Crippen LogP contribution is -2.45. The number of ketones is 1. The third-order valence-electron chi connectivity index (χ3n) is 4.89. The van der Waals surface area contributed by atoms with Crippen LogP contribution in [0, 0.1) is 0 Å². The number of likely N-dealkylation sites (tertiary alicyclic amines) is 1. The maximum atomic E-state index is 12.5. The summed E-state index contributed by atoms with van der Waals surface area (Å²) in [6.45, 7) is 16.3. The standard InChI is InChI=1S/C18H35NO5Si/c1-17(2,3)23-16(22)19-12-13(11-14(19)15(21)9-10-20)24-25(7,8)18(4,5)6/h13-14,20H,9-12H2,1-8H3/t13-,14+/m1/s1. The summed E-state index contributed by atoms with van der Waals surface area (Å²) in [6.07, 6.45) is -0.173. The van der Waals surface area contributed by atoms with Crippen LogP contribution in [0.5, 0.6) is 0 Å². The molecule has 0 radical (unpaired) electrons. The summed E-state index contributed by atoms with van der Waals surface area (Å²) < 4.78 is 11.9. The van der Waals surface area contributed by atoms with Gasteiger partial charge >= 0.3 is 6.09 Å². The zero-order valence-electron chi connectivity index (χ0n) is 17.0. The predicted molar refractivity (Wildman–Crippen MR) is 100 cm³/mol. The molecule has 0 bridgehead atoms. The third kappa shape index (κ3) is 6.08. The zero-order chi connectivity index (χ0) is 19.6. The van der Waals surface area contributed by atoms with Crippen molar-refractivity contribution in [3.05, 3.63) is 0 Å². The Balaban J connectivity index is 2.94. The number of hydrogen-bond acceptors (Lipinski definition) is 5. The molecule has 25 heavy (non-hydrogen) atoms. The van der Waals surface area contributed by atoms with Crippen LogP contribution in [0.1, 0.15) is 54.4 Å². The summed E-state index contributed by atoms with van der Waals surface area (Å²) in [4.78, 5) is 26.4. The van der Waals surface area contributed by atoms with Gasteiger partial charge in [-0.15, -0.1) is 0 Å². The van der Waals surface area contributed by atoms with Crippen molar-refractivity contribution < 1.29 is 23.9 Å². The van der Waals surface area contributed by atoms with E-state index in [2.05, 4.69) is 33.9 Å². The van der Waals surface area contributed by atoms with Crippen LogP contribution in [-0.2, 0) is 14.0 Å². The highest BCUT2D eigenvalue weighted by Gasteiger charge is 2.46. The van der Waals surface area contributed by atoms with Crippen LogP contribution in [0.15, 0.2) is 0 Å². The van der Waals surface area contributed by atoms with E-state index in [0.717, 1.165) is 0 Å². The van der Waals surface area contributed by atoms with Gasteiger partial charge in [0.15, 0.2) is 14.1 Å². The first-order chi connectivity index (χ1) is 11.2. The molecular weight excluding hydrogens is 338 g/mol. The topological polar surface area (TPSA) is 76.1 Å². The number of Topliss-reactive ketones (excluding diaryl/α,β-unsaturated/α-hetero) is 1. The normalized spacial score (nSPS) is 22.2. The van der Waals surface area contributed by atoms with Crippen LogP contribution in [0.3, 0.4) is 0 Å². The number of amides is 1. The Kier molecular flexibility index (Phi) is 6.86. The van der Waals surface area contributed by atoms with Gasteiger partial charge in [0.1, 0.15) is 5.60 Å². The van der Waals surface area contributed by atoms with Crippen LogP contribution in [-0.4, -0.2) is 61.1 Å². The maximum Gasteiger partial charge on any atom is 0.410 e. The summed E-state index contributed by atoms with van der Waals surface area (Å²) in [6, 6.07) is -0.586. The van der Waals surface area contributed by atoms with Crippen molar-refractivity contribution in [2.45, 2.75) is 90.3 Å². The third-order valence-corrected chi connectivity index (χ3v) is 9.42. The van der Waals surface area contributed by atoms with Crippen LogP contribution in [0.25, 0.3) is 0 Å². The fourth-order valence-electron chi connectivity index (χ4n) is 2.58. The van der Waals surface area contributed by atoms with Crippen LogP contribution < -0.4 is 0 Å². The molecule has 1 N–H and O–H groups in total. The average molecular weight is 374 g/mol. The molecule has 1 amide bonds. The van der Waals surface area contributed by atoms with E-state index in [-0.39, 0.29) is 30.0 Å². The van der Waals surface area contributed by atoms with Crippen LogP contribution in [0.2, 0.25) is 18.1 Å². The van der Waals surface area contributed by atoms with Crippen molar-refractivity contribution in [2.24, 2.45) is 0 Å². The van der Waals surface area contributed by atoms with E-state index in [9.17, 15) is 9.59 Å². The first kappa shape index (κ1) is 22.1. The minimum absolute atomic E-state index is 0.0385. The SMILES string of the molecule is CC(C)(C)OC(=O)N1C[C@H](O[Si](C)(C)C(C)(C)C)C[C@H]1C(=O)CCO. The molecule has 1 fully saturated rings. The molecule has 1 aliphatic heterocycles. The Morgan fingerprint density at radius 3 is 2.16 bits per heavy atom. The number of aliphatic hydroxyl groups excluding tert-OH is 1. The molecular formula is C18H35NO5Si. The van der Waals surface area contributed by atoms with E-state index < -0.39 is 26.1 Å². The van der Waals surface area contributed by atoms with Gasteiger partial charge in [-0.3, -0.25) is 9.69 Å². The van der Waals surface area contributed by atoms with E-state index in [1.807, 2.05) is 0 Å². The predicted octanol–water partition coefficient (Wildman–Crippen LogP) is 3.34. The van der Waals surface area contributed by atoms with E-state index in [1.54, 1.807) is 20.8 Å². The molecule has 7 heteroatoms. The first-order valence-corrected chi connectivity index (χ1v) is 11.9. The van der Waals surface area contributed by atoms with Crippen molar-refractivity contribution in [3.8, 4) is 0 Å². The summed E-state index contributed by atoms with van der Waals surface area (Å²) in [5, 5.41) is 9.14. The van der Waals surface area contributed by atoms with Gasteiger partial charge < -0.3 is 14.3 Å². The fraction of sp³-hybridized carbons (Fsp3) is 0.889. The molecule has 0 spiro atoms. The minimum Gasteiger partial charge on any atom is -0.444 e. The summed E-state index contributed by atoms with van der Waals surface area (Å²) in [5.41, 5.74) is -0.625. The molecule has 2 atom stereocenters. The number of carbonyl (C=O) groups is 2. The largest absolute Gasteiger partial charge is 0.444 e. The molecule has 0 saturated carbocycles. The van der Waals surface area contributed by atoms with Gasteiger partial charge in [-0.2, -0.15) is 0 Å². The van der Waals surface area contributed by atoms with E-state index in [0.29, 0.717) is 13.0 Å². The smallest absolute Gasteiger partial charge is 0.410 e. The number of ether oxygens (including phenoxy) is 1. The lowest BCUT2D eigenvalue weighted by molar-refractivity contribution is -0.124. The van der Waals surface area contributed by atoms with Crippen molar-refractivity contribution in [2.75, 3.05) is 13.2 Å². The quantitative estimate of drug-likeness (QED) is 0.748. The number of rotatable bonds is 5. The van der Waals surface area contributed by atoms with Gasteiger partial charge in [-0.25, -0.2) is 4.79 Å². The monoisotopic (exact) mass is 373 g/mol. The molecule has 0 aliphatic carbocycles. The molecule has 0 aromatic rings. The van der Waals surface area contributed by atoms with Gasteiger partial charge in [-0.05, 0) is 38.9 Å². The molecule has 1 rings (SSSR count). The number of carbonyl (C=O) groups excluding carboxylic acids is 2. The highest BCUT2D eigenvalue weighted by Crippen LogP contribution is 2.39. The van der Waals surface area contributed by atoms with Gasteiger partial charge in [0, 0.05) is 19.4 Å². The van der Waals surface area contributed by atoms with Gasteiger partial charge in [0.05, 0.1) is 18.8 Å². The molecule has 0 aromatic heterocycles. The minimum atomic E-state index is -2.00. The molecule has 1 saturated heterocycles. The molecule has 6 nitrogen and oxygen atoms in total. The van der Waals surface area contributed by atoms with E-state index in [4.69, 9.17) is 14.3 Å². The van der Waals surface area contributed by atoms with Crippen molar-refractivity contribution in [1.82, 2.24) is 4.90 Å². The number of nitrogens with zero attached hydrogens (tertiary/aromatic N) is 1. The molecule has 1 aliphatic rings. The Bertz CT molecular complexity index is 493. The Hall–Kier alpha value is -0.923. The molecule has 1 heterocycles. The van der Waals surface area contributed by atoms with Gasteiger partial charge in [0.2, 0.25) is 0 Å². The average Bonchev–Trinajstić information content (AvgIpc) is 2.79. The van der Waals surface area contributed by atoms with Crippen molar-refractivity contribution in [1.29, 1.82) is 0 Å². The second-order valence-corrected chi connectivity index (χ2v) is 14.1. The summed E-state index contributed by atoms with van der Waals surface area (Å²) in [7, 11) is -2.00. The Morgan fingerprint density at radius 2 is 1.72 bits per heavy atom. The lowest BCUT2D eigenvalue weighted by atomic mass is 10.1. The van der Waals surface area contributed by atoms with E-state index in [1.165, 1.54) is 4.90 Å². The first-order valence-electron chi connectivity index (χ1n) is 8.99. The highest BCUT2D eigenvalue weighted by molar-refractivity contribution is 6.74. The summed E-state index contributed by atoms with van der Waals surface area (Å²) >= 11 is 0. The fourth-order valence-corrected chi connectivity index (χ4v) is 3.94. The van der Waals surface area contributed by atoms with E-state index >= 15 is 0 Å².